The summed E-state index contributed by atoms with van der Waals surface area (Å²) < 4.78 is 47.2. The lowest BCUT2D eigenvalue weighted by atomic mass is 9.64. The third kappa shape index (κ3) is 1.21. The first-order chi connectivity index (χ1) is 7.15. The molecule has 1 nitrogen and oxygen atoms in total. The highest BCUT2D eigenvalue weighted by Gasteiger charge is 2.67. The first-order valence-corrected chi connectivity index (χ1v) is 4.70. The zero-order valence-corrected chi connectivity index (χ0v) is 8.14. The predicted molar refractivity (Wildman–Crippen MR) is 49.2 cm³/mol. The summed E-state index contributed by atoms with van der Waals surface area (Å²) in [5.41, 5.74) is -3.56. The van der Waals surface area contributed by atoms with E-state index in [2.05, 4.69) is 0 Å². The summed E-state index contributed by atoms with van der Waals surface area (Å²) in [6.07, 6.45) is -1.46. The molecule has 5 heteroatoms. The van der Waals surface area contributed by atoms with Crippen molar-refractivity contribution < 1.29 is 19.3 Å². The molecule has 1 saturated carbocycles. The van der Waals surface area contributed by atoms with Crippen molar-refractivity contribution >= 4 is 13.5 Å². The van der Waals surface area contributed by atoms with E-state index in [0.717, 1.165) is 6.92 Å². The average molecular weight is 215 g/mol. The molecule has 0 saturated heterocycles. The van der Waals surface area contributed by atoms with E-state index in [1.807, 2.05) is 0 Å². The standard InChI is InChI=1S/C10H10BF3O/c1-9(10(12,13)14)6-3-2-5(4-6)7(9)8(11)15/h2-3,5-7H,4H2,1H3/i7D. The van der Waals surface area contributed by atoms with Crippen LogP contribution in [0.15, 0.2) is 12.2 Å². The molecule has 0 aromatic rings. The van der Waals surface area contributed by atoms with Crippen molar-refractivity contribution in [2.75, 3.05) is 0 Å². The predicted octanol–water partition coefficient (Wildman–Crippen LogP) is 2.07. The van der Waals surface area contributed by atoms with Crippen LogP contribution in [-0.4, -0.2) is 19.7 Å². The van der Waals surface area contributed by atoms with Crippen molar-refractivity contribution in [2.45, 2.75) is 19.5 Å². The molecule has 0 aliphatic heterocycles. The monoisotopic (exact) mass is 215 g/mol. The normalized spacial score (nSPS) is 49.5. The number of halogens is 3. The molecule has 0 aromatic heterocycles. The highest BCUT2D eigenvalue weighted by atomic mass is 19.4. The first-order valence-electron chi connectivity index (χ1n) is 5.20. The Kier molecular flexibility index (Phi) is 1.83. The summed E-state index contributed by atoms with van der Waals surface area (Å²) in [5.74, 6) is -3.81. The Balaban J connectivity index is 2.60. The van der Waals surface area contributed by atoms with Crippen molar-refractivity contribution in [3.8, 4) is 0 Å². The molecule has 80 valence electrons. The van der Waals surface area contributed by atoms with Crippen LogP contribution >= 0.6 is 0 Å². The van der Waals surface area contributed by atoms with Crippen molar-refractivity contribution in [3.05, 3.63) is 12.2 Å². The third-order valence-corrected chi connectivity index (χ3v) is 3.61. The van der Waals surface area contributed by atoms with Gasteiger partial charge in [-0.25, -0.2) is 0 Å². The van der Waals surface area contributed by atoms with Gasteiger partial charge >= 0.3 is 6.18 Å². The molecule has 2 radical (unpaired) electrons. The van der Waals surface area contributed by atoms with Crippen molar-refractivity contribution in [1.29, 1.82) is 0 Å². The molecule has 0 amide bonds. The van der Waals surface area contributed by atoms with Crippen molar-refractivity contribution in [1.82, 2.24) is 0 Å². The van der Waals surface area contributed by atoms with Gasteiger partial charge in [0.05, 0.1) is 11.1 Å². The molecule has 0 aromatic carbocycles. The number of allylic oxidation sites excluding steroid dienone is 2. The van der Waals surface area contributed by atoms with E-state index in [1.54, 1.807) is 0 Å². The fourth-order valence-corrected chi connectivity index (χ4v) is 2.73. The highest BCUT2D eigenvalue weighted by Crippen LogP contribution is 2.62. The maximum absolute atomic E-state index is 13.1. The van der Waals surface area contributed by atoms with Crippen molar-refractivity contribution in [3.63, 3.8) is 0 Å². The van der Waals surface area contributed by atoms with Gasteiger partial charge in [0.25, 0.3) is 0 Å². The number of fused-ring (bicyclic) bond motifs is 2. The Morgan fingerprint density at radius 2 is 2.20 bits per heavy atom. The van der Waals surface area contributed by atoms with Crippen LogP contribution in [0.4, 0.5) is 13.2 Å². The van der Waals surface area contributed by atoms with E-state index in [9.17, 15) is 18.0 Å². The van der Waals surface area contributed by atoms with Gasteiger partial charge in [-0.3, -0.25) is 0 Å². The van der Waals surface area contributed by atoms with Gasteiger partial charge < -0.3 is 4.79 Å². The minimum Gasteiger partial charge on any atom is -0.312 e. The number of carbonyl (C=O) groups is 1. The summed E-state index contributed by atoms with van der Waals surface area (Å²) in [6, 6.07) is 0. The summed E-state index contributed by atoms with van der Waals surface area (Å²) in [5, 5.41) is 0. The zero-order chi connectivity index (χ0) is 12.4. The third-order valence-electron chi connectivity index (χ3n) is 3.61. The molecule has 0 N–H and O–H groups in total. The van der Waals surface area contributed by atoms with E-state index in [-0.39, 0.29) is 6.42 Å². The van der Waals surface area contributed by atoms with Crippen LogP contribution < -0.4 is 0 Å². The van der Waals surface area contributed by atoms with Crippen LogP contribution in [0, 0.1) is 23.1 Å². The van der Waals surface area contributed by atoms with Crippen LogP contribution in [0.3, 0.4) is 0 Å². The second kappa shape index (κ2) is 2.89. The Morgan fingerprint density at radius 3 is 2.60 bits per heavy atom. The molecule has 2 bridgehead atoms. The van der Waals surface area contributed by atoms with E-state index in [0.29, 0.717) is 0 Å². The molecular weight excluding hydrogens is 204 g/mol. The lowest BCUT2D eigenvalue weighted by Crippen LogP contribution is -2.47. The van der Waals surface area contributed by atoms with Gasteiger partial charge in [0.1, 0.15) is 0 Å². The molecule has 4 atom stereocenters. The number of carbonyl (C=O) groups excluding carboxylic acids is 1. The summed E-state index contributed by atoms with van der Waals surface area (Å²) in [6.45, 7) is 0.929. The molecule has 2 aliphatic rings. The number of hydrogen-bond donors (Lipinski definition) is 0. The van der Waals surface area contributed by atoms with Crippen LogP contribution in [0.25, 0.3) is 0 Å². The summed E-state index contributed by atoms with van der Waals surface area (Å²) in [4.78, 5) is 11.3. The van der Waals surface area contributed by atoms with Gasteiger partial charge in [0, 0.05) is 7.26 Å². The fraction of sp³-hybridized carbons (Fsp3) is 0.700. The molecule has 0 spiro atoms. The van der Waals surface area contributed by atoms with Gasteiger partial charge in [-0.05, 0) is 25.2 Å². The number of rotatable bonds is 1. The number of hydrogen-bond acceptors (Lipinski definition) is 1. The molecule has 2 aliphatic carbocycles. The van der Waals surface area contributed by atoms with Crippen LogP contribution in [0.2, 0.25) is 0 Å². The maximum Gasteiger partial charge on any atom is 0.395 e. The Labute approximate surface area is 88.5 Å². The van der Waals surface area contributed by atoms with E-state index >= 15 is 0 Å². The summed E-state index contributed by atoms with van der Waals surface area (Å²) in [7, 11) is 5.03. The van der Waals surface area contributed by atoms with Gasteiger partial charge in [0.2, 0.25) is 0 Å². The largest absolute Gasteiger partial charge is 0.395 e. The average Bonchev–Trinajstić information content (AvgIpc) is 2.67. The minimum absolute atomic E-state index is 0.183. The van der Waals surface area contributed by atoms with Crippen molar-refractivity contribution in [2.24, 2.45) is 23.1 Å². The van der Waals surface area contributed by atoms with Crippen LogP contribution in [-0.2, 0) is 4.79 Å². The fourth-order valence-electron chi connectivity index (χ4n) is 2.73. The van der Waals surface area contributed by atoms with Crippen LogP contribution in [0.5, 0.6) is 0 Å². The quantitative estimate of drug-likeness (QED) is 0.483. The molecular formula is C10H10BF3O. The van der Waals surface area contributed by atoms with E-state index in [1.165, 1.54) is 12.2 Å². The van der Waals surface area contributed by atoms with E-state index in [4.69, 9.17) is 9.22 Å². The first kappa shape index (κ1) is 9.49. The van der Waals surface area contributed by atoms with Gasteiger partial charge in [-0.2, -0.15) is 13.2 Å². The van der Waals surface area contributed by atoms with Gasteiger partial charge in [-0.15, -0.1) is 0 Å². The van der Waals surface area contributed by atoms with Gasteiger partial charge in [-0.1, -0.05) is 12.2 Å². The van der Waals surface area contributed by atoms with Crippen LogP contribution in [0.1, 0.15) is 14.7 Å². The molecule has 2 rings (SSSR count). The van der Waals surface area contributed by atoms with Gasteiger partial charge in [0.15, 0.2) is 7.85 Å². The minimum atomic E-state index is -4.60. The lowest BCUT2D eigenvalue weighted by Gasteiger charge is -2.39. The highest BCUT2D eigenvalue weighted by molar-refractivity contribution is 6.58. The topological polar surface area (TPSA) is 17.1 Å². The lowest BCUT2D eigenvalue weighted by molar-refractivity contribution is -0.239. The Bertz CT molecular complexity index is 381. The maximum atomic E-state index is 13.1. The molecule has 15 heavy (non-hydrogen) atoms. The molecule has 1 fully saturated rings. The second-order valence-corrected chi connectivity index (χ2v) is 4.31. The number of alkyl halides is 3. The Hall–Kier alpha value is -0.735. The second-order valence-electron chi connectivity index (χ2n) is 4.31. The zero-order valence-electron chi connectivity index (χ0n) is 9.14. The smallest absolute Gasteiger partial charge is 0.312 e. The summed E-state index contributed by atoms with van der Waals surface area (Å²) >= 11 is 0. The molecule has 0 heterocycles. The SMILES string of the molecule is [2H]C1(C([B])=O)C2C=CC(C2)C1(C)C(F)(F)F. The van der Waals surface area contributed by atoms with E-state index < -0.39 is 35.0 Å². The Morgan fingerprint density at radius 1 is 1.60 bits per heavy atom. The molecule has 4 unspecified atom stereocenters.